The number of halogens is 2. The predicted octanol–water partition coefficient (Wildman–Crippen LogP) is 6.16. The van der Waals surface area contributed by atoms with Crippen LogP contribution in [0.25, 0.3) is 10.8 Å². The Hall–Kier alpha value is -2.81. The summed E-state index contributed by atoms with van der Waals surface area (Å²) in [5, 5.41) is 5.41. The maximum Gasteiger partial charge on any atom is 0.265 e. The first-order valence-electron chi connectivity index (χ1n) is 12.9. The highest BCUT2D eigenvalue weighted by molar-refractivity contribution is 7.93. The van der Waals surface area contributed by atoms with E-state index in [4.69, 9.17) is 23.2 Å². The first-order chi connectivity index (χ1) is 18.3. The van der Waals surface area contributed by atoms with Crippen LogP contribution in [-0.2, 0) is 26.2 Å². The Morgan fingerprint density at radius 3 is 2.38 bits per heavy atom. The van der Waals surface area contributed by atoms with Crippen LogP contribution in [0.1, 0.15) is 52.5 Å². The van der Waals surface area contributed by atoms with E-state index in [0.717, 1.165) is 5.39 Å². The van der Waals surface area contributed by atoms with E-state index in [-0.39, 0.29) is 42.6 Å². The number of hydrogen-bond donors (Lipinski definition) is 1. The lowest BCUT2D eigenvalue weighted by molar-refractivity contribution is -0.142. The predicted molar refractivity (Wildman–Crippen MR) is 157 cm³/mol. The van der Waals surface area contributed by atoms with Gasteiger partial charge in [-0.15, -0.1) is 0 Å². The van der Waals surface area contributed by atoms with Gasteiger partial charge in [0.15, 0.2) is 0 Å². The van der Waals surface area contributed by atoms with Crippen molar-refractivity contribution >= 4 is 61.5 Å². The maximum absolute atomic E-state index is 13.6. The second-order valence-corrected chi connectivity index (χ2v) is 13.4. The van der Waals surface area contributed by atoms with Crippen molar-refractivity contribution in [2.45, 2.75) is 70.0 Å². The van der Waals surface area contributed by atoms with Gasteiger partial charge in [-0.05, 0) is 68.8 Å². The Kier molecular flexibility index (Phi) is 8.50. The topological polar surface area (TPSA) is 86.8 Å². The summed E-state index contributed by atoms with van der Waals surface area (Å²) in [6.45, 7) is 7.77. The summed E-state index contributed by atoms with van der Waals surface area (Å²) in [6.07, 6.45) is 0.740. The van der Waals surface area contributed by atoms with Crippen LogP contribution >= 0.6 is 23.2 Å². The van der Waals surface area contributed by atoms with E-state index in [1.54, 1.807) is 36.4 Å². The number of nitrogens with one attached hydrogen (secondary N) is 1. The average molecular weight is 591 g/mol. The fourth-order valence-corrected chi connectivity index (χ4v) is 7.14. The molecular formula is C29H33Cl2N3O4S. The molecule has 7 nitrogen and oxygen atoms in total. The average Bonchev–Trinajstić information content (AvgIpc) is 3.07. The van der Waals surface area contributed by atoms with Gasteiger partial charge in [-0.3, -0.25) is 13.9 Å². The number of carbonyl (C=O) groups is 2. The van der Waals surface area contributed by atoms with Crippen molar-refractivity contribution in [1.29, 1.82) is 0 Å². The fourth-order valence-electron chi connectivity index (χ4n) is 4.92. The fraction of sp³-hybridized carbons (Fsp3) is 0.379. The number of hydrogen-bond acceptors (Lipinski definition) is 4. The quantitative estimate of drug-likeness (QED) is 0.324. The molecule has 10 heteroatoms. The van der Waals surface area contributed by atoms with Gasteiger partial charge < -0.3 is 10.2 Å². The molecule has 0 bridgehead atoms. The minimum Gasteiger partial charge on any atom is -0.350 e. The molecule has 2 amide bonds. The second-order valence-electron chi connectivity index (χ2n) is 10.7. The highest BCUT2D eigenvalue weighted by atomic mass is 35.5. The van der Waals surface area contributed by atoms with Gasteiger partial charge in [0.2, 0.25) is 11.8 Å². The van der Waals surface area contributed by atoms with E-state index >= 15 is 0 Å². The molecule has 3 aromatic carbocycles. The number of rotatable bonds is 9. The maximum atomic E-state index is 13.6. The lowest BCUT2D eigenvalue weighted by Gasteiger charge is -2.33. The molecule has 0 fully saturated rings. The normalized spacial score (nSPS) is 14.9. The SMILES string of the molecule is CC[C@@H](C(=O)NC(C)(C)C)N(Cc1ccc(Cl)cc1Cl)C(=O)CCCN1c2cccc3cccc(c23)S1(=O)=O. The van der Waals surface area contributed by atoms with Gasteiger partial charge in [-0.2, -0.15) is 0 Å². The Bertz CT molecular complexity index is 1510. The van der Waals surface area contributed by atoms with Crippen LogP contribution in [-0.4, -0.2) is 43.3 Å². The van der Waals surface area contributed by atoms with Crippen molar-refractivity contribution in [3.63, 3.8) is 0 Å². The zero-order valence-electron chi connectivity index (χ0n) is 22.5. The van der Waals surface area contributed by atoms with E-state index in [0.29, 0.717) is 33.1 Å². The Morgan fingerprint density at radius 1 is 1.05 bits per heavy atom. The molecule has 208 valence electrons. The van der Waals surface area contributed by atoms with Crippen LogP contribution in [0.4, 0.5) is 5.69 Å². The number of carbonyl (C=O) groups excluding carboxylic acids is 2. The monoisotopic (exact) mass is 589 g/mol. The van der Waals surface area contributed by atoms with E-state index in [9.17, 15) is 18.0 Å². The van der Waals surface area contributed by atoms with E-state index in [1.165, 1.54) is 9.21 Å². The zero-order chi connectivity index (χ0) is 28.5. The molecule has 0 aromatic heterocycles. The number of nitrogens with zero attached hydrogens (tertiary/aromatic N) is 2. The Labute approximate surface area is 240 Å². The summed E-state index contributed by atoms with van der Waals surface area (Å²) in [5.41, 5.74) is 0.814. The number of anilines is 1. The first kappa shape index (κ1) is 29.2. The largest absolute Gasteiger partial charge is 0.350 e. The van der Waals surface area contributed by atoms with Gasteiger partial charge in [-0.1, -0.05) is 60.5 Å². The van der Waals surface area contributed by atoms with Crippen LogP contribution < -0.4 is 9.62 Å². The molecule has 39 heavy (non-hydrogen) atoms. The third-order valence-electron chi connectivity index (χ3n) is 6.67. The van der Waals surface area contributed by atoms with Crippen molar-refractivity contribution in [2.75, 3.05) is 10.8 Å². The summed E-state index contributed by atoms with van der Waals surface area (Å²) in [5.74, 6) is -0.517. The molecule has 1 atom stereocenters. The molecule has 3 aromatic rings. The minimum atomic E-state index is -3.72. The molecular weight excluding hydrogens is 557 g/mol. The highest BCUT2D eigenvalue weighted by Gasteiger charge is 2.36. The van der Waals surface area contributed by atoms with Crippen LogP contribution in [0, 0.1) is 0 Å². The lowest BCUT2D eigenvalue weighted by atomic mass is 10.0. The lowest BCUT2D eigenvalue weighted by Crippen LogP contribution is -2.53. The van der Waals surface area contributed by atoms with Gasteiger partial charge in [0, 0.05) is 40.5 Å². The molecule has 1 N–H and O–H groups in total. The van der Waals surface area contributed by atoms with Crippen LogP contribution in [0.2, 0.25) is 10.0 Å². The number of amides is 2. The van der Waals surface area contributed by atoms with E-state index in [2.05, 4.69) is 5.32 Å². The summed E-state index contributed by atoms with van der Waals surface area (Å²) in [6, 6.07) is 15.1. The molecule has 0 saturated carbocycles. The van der Waals surface area contributed by atoms with Gasteiger partial charge in [0.05, 0.1) is 10.6 Å². The van der Waals surface area contributed by atoms with Crippen molar-refractivity contribution in [2.24, 2.45) is 0 Å². The second kappa shape index (κ2) is 11.4. The summed E-state index contributed by atoms with van der Waals surface area (Å²) >= 11 is 12.5. The van der Waals surface area contributed by atoms with Crippen molar-refractivity contribution in [3.05, 3.63) is 70.2 Å². The smallest absolute Gasteiger partial charge is 0.265 e. The van der Waals surface area contributed by atoms with Crippen molar-refractivity contribution < 1.29 is 18.0 Å². The number of benzene rings is 3. The summed E-state index contributed by atoms with van der Waals surface area (Å²) in [7, 11) is -3.72. The third-order valence-corrected chi connectivity index (χ3v) is 9.12. The molecule has 0 spiro atoms. The number of sulfonamides is 1. The third kappa shape index (κ3) is 6.18. The zero-order valence-corrected chi connectivity index (χ0v) is 24.8. The molecule has 1 heterocycles. The minimum absolute atomic E-state index is 0.0584. The molecule has 1 aliphatic heterocycles. The Balaban J connectivity index is 1.55. The first-order valence-corrected chi connectivity index (χ1v) is 15.1. The molecule has 1 aliphatic rings. The molecule has 0 saturated heterocycles. The highest BCUT2D eigenvalue weighted by Crippen LogP contribution is 2.42. The van der Waals surface area contributed by atoms with E-state index < -0.39 is 21.6 Å². The van der Waals surface area contributed by atoms with Gasteiger partial charge >= 0.3 is 0 Å². The molecule has 0 unspecified atom stereocenters. The summed E-state index contributed by atoms with van der Waals surface area (Å²) in [4.78, 5) is 28.7. The van der Waals surface area contributed by atoms with Gasteiger partial charge in [0.1, 0.15) is 6.04 Å². The standard InChI is InChI=1S/C29H33Cl2N3O4S/c1-5-23(28(36)32-29(2,3)4)33(18-20-14-15-21(30)17-22(20)31)26(35)13-8-16-34-24-11-6-9-19-10-7-12-25(27(19)24)39(34,37)38/h6-7,9-12,14-15,17,23H,5,8,13,16,18H2,1-4H3,(H,32,36)/t23-/m0/s1. The summed E-state index contributed by atoms with van der Waals surface area (Å²) < 4.78 is 28.0. The van der Waals surface area contributed by atoms with E-state index in [1.807, 2.05) is 45.9 Å². The van der Waals surface area contributed by atoms with Crippen LogP contribution in [0.5, 0.6) is 0 Å². The Morgan fingerprint density at radius 2 is 1.74 bits per heavy atom. The van der Waals surface area contributed by atoms with Gasteiger partial charge in [0.25, 0.3) is 10.0 Å². The van der Waals surface area contributed by atoms with Crippen molar-refractivity contribution in [1.82, 2.24) is 10.2 Å². The van der Waals surface area contributed by atoms with Gasteiger partial charge in [-0.25, -0.2) is 8.42 Å². The van der Waals surface area contributed by atoms with Crippen LogP contribution in [0.3, 0.4) is 0 Å². The molecule has 0 aliphatic carbocycles. The molecule has 4 rings (SSSR count). The van der Waals surface area contributed by atoms with Crippen molar-refractivity contribution in [3.8, 4) is 0 Å². The van der Waals surface area contributed by atoms with Crippen LogP contribution in [0.15, 0.2) is 59.5 Å². The molecule has 0 radical (unpaired) electrons.